The Morgan fingerprint density at radius 2 is 2.07 bits per heavy atom. The first kappa shape index (κ1) is 12.0. The lowest BCUT2D eigenvalue weighted by Gasteiger charge is -2.31. The van der Waals surface area contributed by atoms with E-state index in [1.54, 1.807) is 7.11 Å². The quantitative estimate of drug-likeness (QED) is 0.680. The Kier molecular flexibility index (Phi) is 4.39. The molecule has 0 aromatic carbocycles. The maximum absolute atomic E-state index is 5.21. The molecule has 0 amide bonds. The van der Waals surface area contributed by atoms with Crippen molar-refractivity contribution in [2.75, 3.05) is 20.3 Å². The number of ether oxygens (including phenoxy) is 1. The van der Waals surface area contributed by atoms with Crippen molar-refractivity contribution in [3.05, 3.63) is 0 Å². The third kappa shape index (κ3) is 3.97. The third-order valence-corrected chi connectivity index (χ3v) is 3.53. The van der Waals surface area contributed by atoms with E-state index in [1.807, 2.05) is 0 Å². The molecule has 1 unspecified atom stereocenters. The molecule has 2 heteroatoms. The molecule has 1 saturated carbocycles. The molecule has 0 heterocycles. The molecule has 0 spiro atoms. The zero-order valence-electron chi connectivity index (χ0n) is 10.1. The average molecular weight is 199 g/mol. The van der Waals surface area contributed by atoms with E-state index in [0.29, 0.717) is 11.3 Å². The highest BCUT2D eigenvalue weighted by Crippen LogP contribution is 2.30. The highest BCUT2D eigenvalue weighted by atomic mass is 16.5. The molecule has 0 radical (unpaired) electrons. The Bertz CT molecular complexity index is 164. The van der Waals surface area contributed by atoms with Gasteiger partial charge in [0.25, 0.3) is 0 Å². The molecule has 1 aliphatic rings. The van der Waals surface area contributed by atoms with Gasteiger partial charge in [-0.25, -0.2) is 0 Å². The summed E-state index contributed by atoms with van der Waals surface area (Å²) in [4.78, 5) is 0. The highest BCUT2D eigenvalue weighted by Gasteiger charge is 2.27. The second-order valence-corrected chi connectivity index (χ2v) is 5.32. The van der Waals surface area contributed by atoms with Gasteiger partial charge in [0.2, 0.25) is 0 Å². The van der Waals surface area contributed by atoms with Crippen LogP contribution in [0.4, 0.5) is 0 Å². The number of nitrogens with one attached hydrogen (secondary N) is 1. The molecule has 0 bridgehead atoms. The summed E-state index contributed by atoms with van der Waals surface area (Å²) in [5, 5.41) is 3.57. The lowest BCUT2D eigenvalue weighted by Crippen LogP contribution is -2.30. The fourth-order valence-electron chi connectivity index (χ4n) is 1.61. The molecule has 1 atom stereocenters. The fraction of sp³-hybridized carbons (Fsp3) is 1.00. The zero-order chi connectivity index (χ0) is 10.6. The number of methoxy groups -OCH3 is 1. The summed E-state index contributed by atoms with van der Waals surface area (Å²) in [5.41, 5.74) is 0.387. The summed E-state index contributed by atoms with van der Waals surface area (Å²) in [5.74, 6) is 0.633. The van der Waals surface area contributed by atoms with E-state index in [4.69, 9.17) is 4.74 Å². The second kappa shape index (κ2) is 5.13. The van der Waals surface area contributed by atoms with E-state index in [2.05, 4.69) is 26.1 Å². The summed E-state index contributed by atoms with van der Waals surface area (Å²) < 4.78 is 5.21. The SMILES string of the molecule is COCC(C)C(C)(C)CCNC1CC1. The van der Waals surface area contributed by atoms with Crippen LogP contribution < -0.4 is 5.32 Å². The van der Waals surface area contributed by atoms with Crippen LogP contribution in [0.2, 0.25) is 0 Å². The second-order valence-electron chi connectivity index (χ2n) is 5.32. The molecule has 0 aromatic rings. The number of rotatable bonds is 7. The maximum Gasteiger partial charge on any atom is 0.0492 e. The Balaban J connectivity index is 2.16. The minimum Gasteiger partial charge on any atom is -0.384 e. The van der Waals surface area contributed by atoms with Gasteiger partial charge in [0, 0.05) is 19.8 Å². The topological polar surface area (TPSA) is 21.3 Å². The van der Waals surface area contributed by atoms with Crippen molar-refractivity contribution in [1.82, 2.24) is 5.32 Å². The molecule has 0 aliphatic heterocycles. The molecular formula is C12H25NO. The molecule has 14 heavy (non-hydrogen) atoms. The lowest BCUT2D eigenvalue weighted by molar-refractivity contribution is 0.0862. The van der Waals surface area contributed by atoms with Crippen LogP contribution in [0, 0.1) is 11.3 Å². The highest BCUT2D eigenvalue weighted by molar-refractivity contribution is 4.83. The van der Waals surface area contributed by atoms with Crippen LogP contribution in [-0.4, -0.2) is 26.3 Å². The van der Waals surface area contributed by atoms with Crippen molar-refractivity contribution in [3.8, 4) is 0 Å². The molecule has 1 rings (SSSR count). The van der Waals surface area contributed by atoms with Crippen LogP contribution >= 0.6 is 0 Å². The number of hydrogen-bond acceptors (Lipinski definition) is 2. The Hall–Kier alpha value is -0.0800. The predicted octanol–water partition coefficient (Wildman–Crippen LogP) is 2.44. The first-order valence-electron chi connectivity index (χ1n) is 5.78. The smallest absolute Gasteiger partial charge is 0.0492 e. The van der Waals surface area contributed by atoms with Crippen LogP contribution in [-0.2, 0) is 4.74 Å². The van der Waals surface area contributed by atoms with Crippen molar-refractivity contribution in [2.24, 2.45) is 11.3 Å². The monoisotopic (exact) mass is 199 g/mol. The van der Waals surface area contributed by atoms with E-state index < -0.39 is 0 Å². The molecule has 1 aliphatic carbocycles. The van der Waals surface area contributed by atoms with Gasteiger partial charge in [-0.2, -0.15) is 0 Å². The van der Waals surface area contributed by atoms with E-state index in [9.17, 15) is 0 Å². The summed E-state index contributed by atoms with van der Waals surface area (Å²) in [6.07, 6.45) is 4.01. The molecule has 1 N–H and O–H groups in total. The van der Waals surface area contributed by atoms with E-state index in [1.165, 1.54) is 19.3 Å². The lowest BCUT2D eigenvalue weighted by atomic mass is 9.77. The zero-order valence-corrected chi connectivity index (χ0v) is 10.1. The molecule has 0 saturated heterocycles. The predicted molar refractivity (Wildman–Crippen MR) is 60.5 cm³/mol. The van der Waals surface area contributed by atoms with Crippen LogP contribution in [0.15, 0.2) is 0 Å². The summed E-state index contributed by atoms with van der Waals surface area (Å²) in [7, 11) is 1.79. The van der Waals surface area contributed by atoms with Gasteiger partial charge in [-0.1, -0.05) is 20.8 Å². The van der Waals surface area contributed by atoms with Gasteiger partial charge in [0.15, 0.2) is 0 Å². The van der Waals surface area contributed by atoms with Gasteiger partial charge in [-0.05, 0) is 37.1 Å². The largest absolute Gasteiger partial charge is 0.384 e. The van der Waals surface area contributed by atoms with Crippen molar-refractivity contribution in [1.29, 1.82) is 0 Å². The standard InChI is InChI=1S/C12H25NO/c1-10(9-14-4)12(2,3)7-8-13-11-5-6-11/h10-11,13H,5-9H2,1-4H3. The summed E-state index contributed by atoms with van der Waals surface area (Å²) in [6, 6.07) is 0.837. The van der Waals surface area contributed by atoms with Gasteiger partial charge < -0.3 is 10.1 Å². The summed E-state index contributed by atoms with van der Waals surface area (Å²) >= 11 is 0. The van der Waals surface area contributed by atoms with Gasteiger partial charge >= 0.3 is 0 Å². The van der Waals surface area contributed by atoms with E-state index >= 15 is 0 Å². The van der Waals surface area contributed by atoms with Crippen LogP contribution in [0.1, 0.15) is 40.0 Å². The molecule has 84 valence electrons. The molecule has 1 fully saturated rings. The van der Waals surface area contributed by atoms with Gasteiger partial charge in [-0.15, -0.1) is 0 Å². The van der Waals surface area contributed by atoms with Crippen molar-refractivity contribution in [2.45, 2.75) is 46.1 Å². The Morgan fingerprint density at radius 1 is 1.43 bits per heavy atom. The molecule has 0 aromatic heterocycles. The van der Waals surface area contributed by atoms with Crippen molar-refractivity contribution < 1.29 is 4.74 Å². The number of hydrogen-bond donors (Lipinski definition) is 1. The molecular weight excluding hydrogens is 174 g/mol. The van der Waals surface area contributed by atoms with Crippen LogP contribution in [0.3, 0.4) is 0 Å². The van der Waals surface area contributed by atoms with Crippen molar-refractivity contribution in [3.63, 3.8) is 0 Å². The van der Waals surface area contributed by atoms with Crippen LogP contribution in [0.25, 0.3) is 0 Å². The first-order chi connectivity index (χ1) is 6.56. The van der Waals surface area contributed by atoms with Gasteiger partial charge in [0.05, 0.1) is 0 Å². The fourth-order valence-corrected chi connectivity index (χ4v) is 1.61. The minimum atomic E-state index is 0.387. The maximum atomic E-state index is 5.21. The Morgan fingerprint density at radius 3 is 2.57 bits per heavy atom. The van der Waals surface area contributed by atoms with Crippen molar-refractivity contribution >= 4 is 0 Å². The molecule has 2 nitrogen and oxygen atoms in total. The average Bonchev–Trinajstić information content (AvgIpc) is 2.88. The third-order valence-electron chi connectivity index (χ3n) is 3.53. The van der Waals surface area contributed by atoms with E-state index in [0.717, 1.165) is 19.2 Å². The van der Waals surface area contributed by atoms with Gasteiger partial charge in [0.1, 0.15) is 0 Å². The normalized spacial score (nSPS) is 19.7. The first-order valence-corrected chi connectivity index (χ1v) is 5.78. The van der Waals surface area contributed by atoms with Crippen LogP contribution in [0.5, 0.6) is 0 Å². The minimum absolute atomic E-state index is 0.387. The van der Waals surface area contributed by atoms with Gasteiger partial charge in [-0.3, -0.25) is 0 Å². The van der Waals surface area contributed by atoms with E-state index in [-0.39, 0.29) is 0 Å². The summed E-state index contributed by atoms with van der Waals surface area (Å²) in [6.45, 7) is 8.99. The Labute approximate surface area is 88.4 Å².